The van der Waals surface area contributed by atoms with Gasteiger partial charge in [0.25, 0.3) is 0 Å². The maximum absolute atomic E-state index is 11.3. The summed E-state index contributed by atoms with van der Waals surface area (Å²) >= 11 is 0. The highest BCUT2D eigenvalue weighted by Gasteiger charge is 2.26. The van der Waals surface area contributed by atoms with E-state index in [4.69, 9.17) is 0 Å². The summed E-state index contributed by atoms with van der Waals surface area (Å²) in [6.07, 6.45) is -3.18. The first-order valence-electron chi connectivity index (χ1n) is 5.13. The van der Waals surface area contributed by atoms with E-state index in [2.05, 4.69) is 9.47 Å². The van der Waals surface area contributed by atoms with E-state index in [9.17, 15) is 19.8 Å². The summed E-state index contributed by atoms with van der Waals surface area (Å²) in [7, 11) is 2.33. The normalized spacial score (nSPS) is 13.6. The van der Waals surface area contributed by atoms with E-state index < -0.39 is 24.1 Å². The van der Waals surface area contributed by atoms with E-state index in [-0.39, 0.29) is 11.1 Å². The Hall–Kier alpha value is -1.92. The van der Waals surface area contributed by atoms with Crippen molar-refractivity contribution in [3.8, 4) is 0 Å². The van der Waals surface area contributed by atoms with E-state index in [0.29, 0.717) is 0 Å². The predicted molar refractivity (Wildman–Crippen MR) is 60.8 cm³/mol. The third kappa shape index (κ3) is 3.06. The number of esters is 2. The van der Waals surface area contributed by atoms with Gasteiger partial charge in [-0.2, -0.15) is 0 Å². The number of carbonyl (C=O) groups excluding carboxylic acids is 2. The molecule has 0 saturated carbocycles. The SMILES string of the molecule is COC(=O)c1cccc(C(O)C(O)C(=O)OC)c1. The van der Waals surface area contributed by atoms with Crippen LogP contribution in [0.15, 0.2) is 24.3 Å². The van der Waals surface area contributed by atoms with Gasteiger partial charge in [0.15, 0.2) is 6.10 Å². The van der Waals surface area contributed by atoms with Crippen LogP contribution in [0.5, 0.6) is 0 Å². The van der Waals surface area contributed by atoms with Gasteiger partial charge in [-0.15, -0.1) is 0 Å². The third-order valence-corrected chi connectivity index (χ3v) is 2.39. The van der Waals surface area contributed by atoms with Gasteiger partial charge in [-0.3, -0.25) is 0 Å². The summed E-state index contributed by atoms with van der Waals surface area (Å²) in [5, 5.41) is 19.3. The van der Waals surface area contributed by atoms with Crippen molar-refractivity contribution in [2.45, 2.75) is 12.2 Å². The van der Waals surface area contributed by atoms with Gasteiger partial charge >= 0.3 is 11.9 Å². The highest BCUT2D eigenvalue weighted by molar-refractivity contribution is 5.89. The molecule has 0 heterocycles. The Balaban J connectivity index is 2.96. The second-order valence-electron chi connectivity index (χ2n) is 3.53. The molecule has 2 N–H and O–H groups in total. The van der Waals surface area contributed by atoms with Gasteiger partial charge in [-0.25, -0.2) is 9.59 Å². The lowest BCUT2D eigenvalue weighted by Gasteiger charge is -2.16. The Morgan fingerprint density at radius 3 is 2.39 bits per heavy atom. The molecule has 2 unspecified atom stereocenters. The van der Waals surface area contributed by atoms with Crippen molar-refractivity contribution in [3.63, 3.8) is 0 Å². The number of aliphatic hydroxyl groups excluding tert-OH is 2. The van der Waals surface area contributed by atoms with Gasteiger partial charge in [0.05, 0.1) is 19.8 Å². The summed E-state index contributed by atoms with van der Waals surface area (Å²) in [6, 6.07) is 5.81. The molecule has 0 aliphatic rings. The lowest BCUT2D eigenvalue weighted by Crippen LogP contribution is -2.29. The van der Waals surface area contributed by atoms with Crippen LogP contribution in [0.1, 0.15) is 22.0 Å². The van der Waals surface area contributed by atoms with E-state index in [0.717, 1.165) is 7.11 Å². The van der Waals surface area contributed by atoms with Gasteiger partial charge in [-0.1, -0.05) is 12.1 Å². The van der Waals surface area contributed by atoms with Crippen molar-refractivity contribution in [3.05, 3.63) is 35.4 Å². The zero-order valence-corrected chi connectivity index (χ0v) is 9.99. The van der Waals surface area contributed by atoms with Crippen molar-refractivity contribution >= 4 is 11.9 Å². The maximum Gasteiger partial charge on any atom is 0.337 e. The van der Waals surface area contributed by atoms with Crippen molar-refractivity contribution in [1.29, 1.82) is 0 Å². The fourth-order valence-corrected chi connectivity index (χ4v) is 1.40. The number of hydrogen-bond donors (Lipinski definition) is 2. The number of rotatable bonds is 4. The average molecular weight is 254 g/mol. The number of methoxy groups -OCH3 is 2. The molecule has 18 heavy (non-hydrogen) atoms. The topological polar surface area (TPSA) is 93.1 Å². The molecule has 6 nitrogen and oxygen atoms in total. The Morgan fingerprint density at radius 2 is 1.83 bits per heavy atom. The second-order valence-corrected chi connectivity index (χ2v) is 3.53. The van der Waals surface area contributed by atoms with Crippen molar-refractivity contribution in [2.75, 3.05) is 14.2 Å². The molecule has 1 aromatic rings. The molecular formula is C12H14O6. The Kier molecular flexibility index (Phi) is 4.82. The quantitative estimate of drug-likeness (QED) is 0.737. The van der Waals surface area contributed by atoms with Gasteiger partial charge in [0, 0.05) is 0 Å². The van der Waals surface area contributed by atoms with Gasteiger partial charge < -0.3 is 19.7 Å². The molecule has 98 valence electrons. The molecule has 0 aromatic heterocycles. The van der Waals surface area contributed by atoms with Crippen LogP contribution in [0.25, 0.3) is 0 Å². The second kappa shape index (κ2) is 6.13. The van der Waals surface area contributed by atoms with Crippen LogP contribution in [-0.2, 0) is 14.3 Å². The summed E-state index contributed by atoms with van der Waals surface area (Å²) in [5.41, 5.74) is 0.432. The molecule has 0 saturated heterocycles. The maximum atomic E-state index is 11.3. The summed E-state index contributed by atoms with van der Waals surface area (Å²) in [4.78, 5) is 22.4. The lowest BCUT2D eigenvalue weighted by atomic mass is 10.0. The van der Waals surface area contributed by atoms with Gasteiger partial charge in [0.1, 0.15) is 6.10 Å². The van der Waals surface area contributed by atoms with Crippen LogP contribution in [-0.4, -0.2) is 42.5 Å². The molecule has 0 spiro atoms. The van der Waals surface area contributed by atoms with Crippen LogP contribution >= 0.6 is 0 Å². The summed E-state index contributed by atoms with van der Waals surface area (Å²) in [6.45, 7) is 0. The van der Waals surface area contributed by atoms with Gasteiger partial charge in [0.2, 0.25) is 0 Å². The minimum atomic E-state index is -1.71. The van der Waals surface area contributed by atoms with Crippen molar-refractivity contribution < 1.29 is 29.3 Å². The standard InChI is InChI=1S/C12H14O6/c1-17-11(15)8-5-3-4-7(6-8)9(13)10(14)12(16)18-2/h3-6,9-10,13-14H,1-2H3. The van der Waals surface area contributed by atoms with Crippen LogP contribution in [0.4, 0.5) is 0 Å². The highest BCUT2D eigenvalue weighted by atomic mass is 16.5. The zero-order valence-electron chi connectivity index (χ0n) is 9.99. The van der Waals surface area contributed by atoms with E-state index in [1.165, 1.54) is 31.4 Å². The Labute approximate surface area is 104 Å². The molecule has 2 atom stereocenters. The van der Waals surface area contributed by atoms with E-state index >= 15 is 0 Å². The first-order valence-corrected chi connectivity index (χ1v) is 5.13. The summed E-state index contributed by atoms with van der Waals surface area (Å²) in [5.74, 6) is -1.53. The van der Waals surface area contributed by atoms with Crippen LogP contribution in [0.2, 0.25) is 0 Å². The molecule has 0 radical (unpaired) electrons. The van der Waals surface area contributed by atoms with Gasteiger partial charge in [-0.05, 0) is 17.7 Å². The number of ether oxygens (including phenoxy) is 2. The smallest absolute Gasteiger partial charge is 0.337 e. The first kappa shape index (κ1) is 14.1. The zero-order chi connectivity index (χ0) is 13.7. The third-order valence-electron chi connectivity index (χ3n) is 2.39. The molecule has 0 fully saturated rings. The number of aliphatic hydroxyl groups is 2. The molecule has 0 bridgehead atoms. The van der Waals surface area contributed by atoms with Crippen LogP contribution in [0.3, 0.4) is 0 Å². The van der Waals surface area contributed by atoms with Crippen LogP contribution < -0.4 is 0 Å². The van der Waals surface area contributed by atoms with E-state index in [1.807, 2.05) is 0 Å². The molecular weight excluding hydrogens is 240 g/mol. The number of hydrogen-bond acceptors (Lipinski definition) is 6. The van der Waals surface area contributed by atoms with Crippen LogP contribution in [0, 0.1) is 0 Å². The average Bonchev–Trinajstić information content (AvgIpc) is 2.43. The van der Waals surface area contributed by atoms with Crippen molar-refractivity contribution in [1.82, 2.24) is 0 Å². The highest BCUT2D eigenvalue weighted by Crippen LogP contribution is 2.19. The largest absolute Gasteiger partial charge is 0.467 e. The molecule has 1 aromatic carbocycles. The monoisotopic (exact) mass is 254 g/mol. The van der Waals surface area contributed by atoms with Crippen molar-refractivity contribution in [2.24, 2.45) is 0 Å². The Bertz CT molecular complexity index is 442. The fraction of sp³-hybridized carbons (Fsp3) is 0.333. The molecule has 0 aliphatic heterocycles. The number of benzene rings is 1. The first-order chi connectivity index (χ1) is 8.51. The predicted octanol–water partition coefficient (Wildman–Crippen LogP) is 0.0405. The summed E-state index contributed by atoms with van der Waals surface area (Å²) < 4.78 is 8.84. The minimum Gasteiger partial charge on any atom is -0.467 e. The van der Waals surface area contributed by atoms with E-state index in [1.54, 1.807) is 0 Å². The molecule has 1 rings (SSSR count). The molecule has 0 aliphatic carbocycles. The minimum absolute atomic E-state index is 0.214. The molecule has 0 amide bonds. The lowest BCUT2D eigenvalue weighted by molar-refractivity contribution is -0.156. The fourth-order valence-electron chi connectivity index (χ4n) is 1.40. The number of carbonyl (C=O) groups is 2. The Morgan fingerprint density at radius 1 is 1.17 bits per heavy atom. The molecule has 6 heteroatoms.